The van der Waals surface area contributed by atoms with Crippen LogP contribution in [0.2, 0.25) is 0 Å². The number of fused-ring (bicyclic) bond motifs is 1. The number of hydrogen-bond acceptors (Lipinski definition) is 6. The Bertz CT molecular complexity index is 1080. The van der Waals surface area contributed by atoms with E-state index in [0.29, 0.717) is 23.7 Å². The molecule has 1 aliphatic heterocycles. The fraction of sp³-hybridized carbons (Fsp3) is 0.455. The van der Waals surface area contributed by atoms with Crippen LogP contribution in [0.15, 0.2) is 41.7 Å². The topological polar surface area (TPSA) is 109 Å². The first-order valence-corrected chi connectivity index (χ1v) is 12.4. The molecule has 2 aliphatic rings. The lowest BCUT2D eigenvalue weighted by atomic mass is 9.84. The lowest BCUT2D eigenvalue weighted by molar-refractivity contribution is -0.121. The number of amides is 2. The number of carbonyl (C=O) groups is 2. The predicted molar refractivity (Wildman–Crippen MR) is 115 cm³/mol. The van der Waals surface area contributed by atoms with Gasteiger partial charge in [-0.25, -0.2) is 18.4 Å². The Morgan fingerprint density at radius 3 is 2.68 bits per heavy atom. The molecular formula is C22H26N4O4S. The molecule has 8 nitrogen and oxygen atoms in total. The summed E-state index contributed by atoms with van der Waals surface area (Å²) in [6, 6.07) is 5.74. The molecule has 164 valence electrons. The molecule has 1 aromatic heterocycles. The lowest BCUT2D eigenvalue weighted by Gasteiger charge is -2.31. The highest BCUT2D eigenvalue weighted by molar-refractivity contribution is 7.90. The highest BCUT2D eigenvalue weighted by atomic mass is 32.2. The quantitative estimate of drug-likeness (QED) is 0.737. The first kappa shape index (κ1) is 21.4. The highest BCUT2D eigenvalue weighted by Gasteiger charge is 2.40. The van der Waals surface area contributed by atoms with E-state index in [2.05, 4.69) is 15.3 Å². The van der Waals surface area contributed by atoms with Gasteiger partial charge in [0.1, 0.15) is 18.2 Å². The van der Waals surface area contributed by atoms with Crippen molar-refractivity contribution in [2.24, 2.45) is 5.92 Å². The third kappa shape index (κ3) is 4.61. The normalized spacial score (nSPS) is 18.0. The average molecular weight is 443 g/mol. The van der Waals surface area contributed by atoms with Gasteiger partial charge in [0, 0.05) is 19.0 Å². The summed E-state index contributed by atoms with van der Waals surface area (Å²) in [5, 5.41) is 2.80. The zero-order valence-corrected chi connectivity index (χ0v) is 18.3. The molecule has 0 bridgehead atoms. The van der Waals surface area contributed by atoms with Crippen molar-refractivity contribution in [1.29, 1.82) is 0 Å². The average Bonchev–Trinajstić information content (AvgIpc) is 3.09. The zero-order chi connectivity index (χ0) is 22.0. The van der Waals surface area contributed by atoms with Crippen LogP contribution in [0.5, 0.6) is 0 Å². The second-order valence-corrected chi connectivity index (χ2v) is 10.3. The van der Waals surface area contributed by atoms with Crippen molar-refractivity contribution in [3.63, 3.8) is 0 Å². The molecule has 2 aromatic rings. The van der Waals surface area contributed by atoms with Crippen molar-refractivity contribution in [3.8, 4) is 0 Å². The van der Waals surface area contributed by atoms with Gasteiger partial charge in [0.2, 0.25) is 5.91 Å². The fourth-order valence-electron chi connectivity index (χ4n) is 4.60. The smallest absolute Gasteiger partial charge is 0.256 e. The summed E-state index contributed by atoms with van der Waals surface area (Å²) < 4.78 is 24.5. The van der Waals surface area contributed by atoms with Crippen molar-refractivity contribution in [2.75, 3.05) is 11.6 Å². The van der Waals surface area contributed by atoms with Crippen molar-refractivity contribution in [3.05, 3.63) is 47.9 Å². The monoisotopic (exact) mass is 442 g/mol. The molecule has 0 saturated heterocycles. The van der Waals surface area contributed by atoms with E-state index in [1.54, 1.807) is 18.2 Å². The molecule has 1 saturated carbocycles. The Labute approximate surface area is 182 Å². The lowest BCUT2D eigenvalue weighted by Crippen LogP contribution is -2.45. The van der Waals surface area contributed by atoms with Gasteiger partial charge in [0.25, 0.3) is 5.91 Å². The van der Waals surface area contributed by atoms with E-state index in [0.717, 1.165) is 31.9 Å². The van der Waals surface area contributed by atoms with E-state index in [1.165, 1.54) is 29.9 Å². The summed E-state index contributed by atoms with van der Waals surface area (Å²) in [7, 11) is -3.57. The standard InChI is InChI=1S/C22H26N4O4S/c1-31(29,30)18-9-5-8-16-13-26(22(28)20(16)18)17(12-15-6-3-2-4-7-15)21(27)25-19-10-11-23-14-24-19/h5,8-11,14-15,17H,2-4,6-7,12-13H2,1H3,(H,23,24,25,27). The Morgan fingerprint density at radius 1 is 1.23 bits per heavy atom. The SMILES string of the molecule is CS(=O)(=O)c1cccc2c1C(=O)N(C(CC1CCCCC1)C(=O)Nc1ccncn1)C2. The minimum Gasteiger partial charge on any atom is -0.322 e. The molecule has 1 unspecified atom stereocenters. The summed E-state index contributed by atoms with van der Waals surface area (Å²) in [6.45, 7) is 0.214. The summed E-state index contributed by atoms with van der Waals surface area (Å²) >= 11 is 0. The minimum atomic E-state index is -3.57. The van der Waals surface area contributed by atoms with Crippen molar-refractivity contribution in [2.45, 2.75) is 56.0 Å². The van der Waals surface area contributed by atoms with Gasteiger partial charge in [-0.05, 0) is 30.0 Å². The molecule has 0 spiro atoms. The van der Waals surface area contributed by atoms with Crippen molar-refractivity contribution in [1.82, 2.24) is 14.9 Å². The fourth-order valence-corrected chi connectivity index (χ4v) is 5.51. The third-order valence-corrected chi connectivity index (χ3v) is 7.26. The second-order valence-electron chi connectivity index (χ2n) is 8.33. The molecule has 1 aliphatic carbocycles. The molecule has 31 heavy (non-hydrogen) atoms. The third-order valence-electron chi connectivity index (χ3n) is 6.12. The largest absolute Gasteiger partial charge is 0.322 e. The number of nitrogens with zero attached hydrogens (tertiary/aromatic N) is 3. The summed E-state index contributed by atoms with van der Waals surface area (Å²) in [4.78, 5) is 36.1. The van der Waals surface area contributed by atoms with Crippen LogP contribution in [0, 0.1) is 5.92 Å². The maximum Gasteiger partial charge on any atom is 0.256 e. The van der Waals surface area contributed by atoms with Gasteiger partial charge >= 0.3 is 0 Å². The second kappa shape index (κ2) is 8.74. The first-order valence-electron chi connectivity index (χ1n) is 10.5. The van der Waals surface area contributed by atoms with E-state index in [-0.39, 0.29) is 22.9 Å². The van der Waals surface area contributed by atoms with Crippen LogP contribution < -0.4 is 5.32 Å². The van der Waals surface area contributed by atoms with Gasteiger partial charge < -0.3 is 10.2 Å². The number of hydrogen-bond donors (Lipinski definition) is 1. The van der Waals surface area contributed by atoms with Crippen molar-refractivity contribution < 1.29 is 18.0 Å². The number of rotatable bonds is 6. The van der Waals surface area contributed by atoms with Gasteiger partial charge in [0.15, 0.2) is 9.84 Å². The van der Waals surface area contributed by atoms with Crippen LogP contribution in [0.3, 0.4) is 0 Å². The molecule has 2 heterocycles. The number of sulfone groups is 1. The first-order chi connectivity index (χ1) is 14.8. The molecule has 1 N–H and O–H groups in total. The van der Waals surface area contributed by atoms with Crippen LogP contribution >= 0.6 is 0 Å². The summed E-state index contributed by atoms with van der Waals surface area (Å²) in [6.07, 6.45) is 10.0. The van der Waals surface area contributed by atoms with Crippen molar-refractivity contribution >= 4 is 27.5 Å². The van der Waals surface area contributed by atoms with Gasteiger partial charge in [-0.3, -0.25) is 9.59 Å². The van der Waals surface area contributed by atoms with Gasteiger partial charge in [-0.2, -0.15) is 0 Å². The maximum atomic E-state index is 13.4. The van der Waals surface area contributed by atoms with E-state index >= 15 is 0 Å². The Balaban J connectivity index is 1.64. The molecule has 1 aromatic carbocycles. The Morgan fingerprint density at radius 2 is 2.00 bits per heavy atom. The van der Waals surface area contributed by atoms with Crippen LogP contribution in [0.4, 0.5) is 5.82 Å². The number of nitrogens with one attached hydrogen (secondary N) is 1. The van der Waals surface area contributed by atoms with Gasteiger partial charge in [-0.1, -0.05) is 44.2 Å². The molecule has 0 radical (unpaired) electrons. The number of anilines is 1. The maximum absolute atomic E-state index is 13.4. The number of aromatic nitrogens is 2. The van der Waals surface area contributed by atoms with E-state index < -0.39 is 21.8 Å². The summed E-state index contributed by atoms with van der Waals surface area (Å²) in [5.74, 6) is -0.00331. The number of benzene rings is 1. The molecule has 9 heteroatoms. The predicted octanol–water partition coefficient (Wildman–Crippen LogP) is 2.81. The van der Waals surface area contributed by atoms with Crippen LogP contribution in [0.1, 0.15) is 54.4 Å². The van der Waals surface area contributed by atoms with E-state index in [9.17, 15) is 18.0 Å². The Hall–Kier alpha value is -2.81. The Kier molecular flexibility index (Phi) is 6.04. The molecule has 1 atom stereocenters. The molecule has 2 amide bonds. The summed E-state index contributed by atoms with van der Waals surface area (Å²) in [5.41, 5.74) is 0.824. The van der Waals surface area contributed by atoms with Crippen LogP contribution in [-0.2, 0) is 21.2 Å². The highest BCUT2D eigenvalue weighted by Crippen LogP contribution is 2.34. The number of carbonyl (C=O) groups excluding carboxylic acids is 2. The van der Waals surface area contributed by atoms with Gasteiger partial charge in [-0.15, -0.1) is 0 Å². The molecular weight excluding hydrogens is 416 g/mol. The minimum absolute atomic E-state index is 0.0186. The van der Waals surface area contributed by atoms with Crippen LogP contribution in [-0.4, -0.2) is 47.4 Å². The van der Waals surface area contributed by atoms with Crippen LogP contribution in [0.25, 0.3) is 0 Å². The zero-order valence-electron chi connectivity index (χ0n) is 17.5. The van der Waals surface area contributed by atoms with E-state index in [4.69, 9.17) is 0 Å². The molecule has 4 rings (SSSR count). The molecule has 1 fully saturated rings. The van der Waals surface area contributed by atoms with E-state index in [1.807, 2.05) is 0 Å². The van der Waals surface area contributed by atoms with Gasteiger partial charge in [0.05, 0.1) is 10.5 Å².